The zero-order valence-corrected chi connectivity index (χ0v) is 15.1. The Morgan fingerprint density at radius 2 is 1.57 bits per heavy atom. The Hall–Kier alpha value is -0.915. The molecule has 1 saturated heterocycles. The lowest BCUT2D eigenvalue weighted by Gasteiger charge is -2.32. The Balaban J connectivity index is 2.04. The number of rotatable bonds is 1. The molecule has 1 aromatic carbocycles. The summed E-state index contributed by atoms with van der Waals surface area (Å²) < 4.78 is 50.1. The van der Waals surface area contributed by atoms with Gasteiger partial charge in [-0.1, -0.05) is 12.1 Å². The van der Waals surface area contributed by atoms with Crippen LogP contribution in [0.3, 0.4) is 0 Å². The molecule has 0 bridgehead atoms. The molecular weight excluding hydrogens is 318 g/mol. The second-order valence-electron chi connectivity index (χ2n) is 7.85. The molecule has 1 aromatic rings. The summed E-state index contributed by atoms with van der Waals surface area (Å²) in [6, 6.07) is 4.67. The predicted octanol–water partition coefficient (Wildman–Crippen LogP) is 2.56. The molecule has 2 aliphatic rings. The van der Waals surface area contributed by atoms with Gasteiger partial charge in [-0.25, -0.2) is 12.8 Å². The molecule has 0 N–H and O–H groups in total. The molecule has 4 nitrogen and oxygen atoms in total. The van der Waals surface area contributed by atoms with Crippen molar-refractivity contribution in [2.45, 2.75) is 68.6 Å². The fourth-order valence-corrected chi connectivity index (χ4v) is 4.62. The van der Waals surface area contributed by atoms with Crippen LogP contribution in [0.15, 0.2) is 23.1 Å². The third-order valence-corrected chi connectivity index (χ3v) is 7.97. The molecule has 0 amide bonds. The van der Waals surface area contributed by atoms with Gasteiger partial charge >= 0.3 is 7.12 Å². The first-order valence-corrected chi connectivity index (χ1v) is 9.18. The van der Waals surface area contributed by atoms with Gasteiger partial charge in [0, 0.05) is 5.56 Å². The lowest BCUT2D eigenvalue weighted by molar-refractivity contribution is 0.00578. The first kappa shape index (κ1) is 16.9. The van der Waals surface area contributed by atoms with Gasteiger partial charge in [-0.3, -0.25) is 0 Å². The van der Waals surface area contributed by atoms with E-state index in [1.54, 1.807) is 12.1 Å². The number of benzene rings is 1. The molecule has 2 heterocycles. The minimum Gasteiger partial charge on any atom is -0.399 e. The van der Waals surface area contributed by atoms with Crippen molar-refractivity contribution in [2.75, 3.05) is 0 Å². The van der Waals surface area contributed by atoms with Crippen molar-refractivity contribution in [3.8, 4) is 0 Å². The van der Waals surface area contributed by atoms with Crippen LogP contribution in [0.2, 0.25) is 0 Å². The minimum absolute atomic E-state index is 0.0651. The van der Waals surface area contributed by atoms with Crippen LogP contribution in [-0.2, 0) is 19.1 Å². The largest absolute Gasteiger partial charge is 0.494 e. The highest BCUT2D eigenvalue weighted by molar-refractivity contribution is 7.93. The zero-order valence-electron chi connectivity index (χ0n) is 14.3. The summed E-state index contributed by atoms with van der Waals surface area (Å²) >= 11 is 0. The fourth-order valence-electron chi connectivity index (χ4n) is 2.93. The molecule has 3 rings (SSSR count). The number of hydrogen-bond acceptors (Lipinski definition) is 4. The Labute approximate surface area is 137 Å². The highest BCUT2D eigenvalue weighted by Gasteiger charge is 2.55. The quantitative estimate of drug-likeness (QED) is 0.738. The van der Waals surface area contributed by atoms with Gasteiger partial charge in [0.2, 0.25) is 0 Å². The molecule has 0 aliphatic carbocycles. The van der Waals surface area contributed by atoms with Gasteiger partial charge < -0.3 is 9.31 Å². The van der Waals surface area contributed by atoms with E-state index in [4.69, 9.17) is 9.31 Å². The van der Waals surface area contributed by atoms with E-state index < -0.39 is 39.1 Å². The minimum atomic E-state index is -3.68. The average Bonchev–Trinajstić information content (AvgIpc) is 2.72. The number of sulfone groups is 1. The van der Waals surface area contributed by atoms with Crippen LogP contribution in [0.1, 0.15) is 53.3 Å². The lowest BCUT2D eigenvalue weighted by atomic mass is 9.78. The van der Waals surface area contributed by atoms with Gasteiger partial charge in [0.15, 0.2) is 9.84 Å². The number of hydrogen-bond donors (Lipinski definition) is 0. The molecule has 0 radical (unpaired) electrons. The SMILES string of the molecule is CC1(C)OB(c2ccc3c(c2)[C@@H](F)C(C)(C)S3(=O)=O)OC1(C)C. The lowest BCUT2D eigenvalue weighted by Crippen LogP contribution is -2.41. The van der Waals surface area contributed by atoms with Crippen LogP contribution in [0.4, 0.5) is 4.39 Å². The number of fused-ring (bicyclic) bond motifs is 1. The molecule has 126 valence electrons. The van der Waals surface area contributed by atoms with Crippen molar-refractivity contribution < 1.29 is 22.1 Å². The van der Waals surface area contributed by atoms with Gasteiger partial charge in [0.1, 0.15) is 10.9 Å². The molecule has 0 unspecified atom stereocenters. The molecular formula is C16H22BFO4S. The summed E-state index contributed by atoms with van der Waals surface area (Å²) in [5, 5.41) is 0. The van der Waals surface area contributed by atoms with Gasteiger partial charge in [0.25, 0.3) is 0 Å². The zero-order chi connectivity index (χ0) is 17.4. The second kappa shape index (κ2) is 4.58. The van der Waals surface area contributed by atoms with E-state index in [2.05, 4.69) is 0 Å². The maximum Gasteiger partial charge on any atom is 0.494 e. The van der Waals surface area contributed by atoms with Gasteiger partial charge in [-0.15, -0.1) is 0 Å². The Morgan fingerprint density at radius 1 is 1.04 bits per heavy atom. The summed E-state index contributed by atoms with van der Waals surface area (Å²) in [7, 11) is -4.31. The molecule has 2 aliphatic heterocycles. The Bertz CT molecular complexity index is 754. The molecule has 7 heteroatoms. The van der Waals surface area contributed by atoms with Crippen molar-refractivity contribution in [1.82, 2.24) is 0 Å². The maximum atomic E-state index is 14.7. The normalized spacial score (nSPS) is 29.5. The molecule has 23 heavy (non-hydrogen) atoms. The van der Waals surface area contributed by atoms with Crippen LogP contribution in [0, 0.1) is 0 Å². The topological polar surface area (TPSA) is 52.6 Å². The average molecular weight is 340 g/mol. The van der Waals surface area contributed by atoms with Crippen LogP contribution in [0.25, 0.3) is 0 Å². The summed E-state index contributed by atoms with van der Waals surface area (Å²) in [5.41, 5.74) is -0.172. The molecule has 0 saturated carbocycles. The van der Waals surface area contributed by atoms with E-state index in [-0.39, 0.29) is 10.5 Å². The van der Waals surface area contributed by atoms with Crippen molar-refractivity contribution in [2.24, 2.45) is 0 Å². The monoisotopic (exact) mass is 340 g/mol. The summed E-state index contributed by atoms with van der Waals surface area (Å²) in [6.07, 6.45) is -1.56. The van der Waals surface area contributed by atoms with E-state index in [1.165, 1.54) is 19.9 Å². The van der Waals surface area contributed by atoms with E-state index in [0.717, 1.165) is 0 Å². The smallest absolute Gasteiger partial charge is 0.399 e. The van der Waals surface area contributed by atoms with Crippen LogP contribution in [0.5, 0.6) is 0 Å². The molecule has 1 fully saturated rings. The third kappa shape index (κ3) is 2.13. The van der Waals surface area contributed by atoms with Crippen LogP contribution in [-0.4, -0.2) is 31.5 Å². The Kier molecular flexibility index (Phi) is 3.37. The standard InChI is InChI=1S/C16H22BFO4S/c1-14(2)13(18)11-9-10(7-8-12(11)23(14,19)20)17-21-15(3,4)16(5,6)22-17/h7-9,13H,1-6H3/t13-/m1/s1. The van der Waals surface area contributed by atoms with Crippen LogP contribution >= 0.6 is 0 Å². The summed E-state index contributed by atoms with van der Waals surface area (Å²) in [4.78, 5) is 0.0651. The van der Waals surface area contributed by atoms with E-state index >= 15 is 0 Å². The van der Waals surface area contributed by atoms with E-state index in [0.29, 0.717) is 5.46 Å². The Morgan fingerprint density at radius 3 is 2.09 bits per heavy atom. The maximum absolute atomic E-state index is 14.7. The molecule has 1 atom stereocenters. The first-order chi connectivity index (χ1) is 10.3. The highest BCUT2D eigenvalue weighted by Crippen LogP contribution is 2.48. The second-order valence-corrected chi connectivity index (χ2v) is 10.4. The molecule has 0 aromatic heterocycles. The van der Waals surface area contributed by atoms with Gasteiger partial charge in [-0.2, -0.15) is 0 Å². The van der Waals surface area contributed by atoms with Crippen molar-refractivity contribution in [3.63, 3.8) is 0 Å². The van der Waals surface area contributed by atoms with Crippen molar-refractivity contribution in [1.29, 1.82) is 0 Å². The number of halogens is 1. The highest BCUT2D eigenvalue weighted by atomic mass is 32.2. The fraction of sp³-hybridized carbons (Fsp3) is 0.625. The first-order valence-electron chi connectivity index (χ1n) is 7.69. The van der Waals surface area contributed by atoms with Crippen LogP contribution < -0.4 is 5.46 Å². The van der Waals surface area contributed by atoms with E-state index in [9.17, 15) is 12.8 Å². The predicted molar refractivity (Wildman–Crippen MR) is 87.3 cm³/mol. The van der Waals surface area contributed by atoms with Crippen molar-refractivity contribution in [3.05, 3.63) is 23.8 Å². The van der Waals surface area contributed by atoms with Gasteiger partial charge in [0.05, 0.1) is 16.1 Å². The van der Waals surface area contributed by atoms with Gasteiger partial charge in [-0.05, 0) is 53.1 Å². The third-order valence-electron chi connectivity index (χ3n) is 5.42. The van der Waals surface area contributed by atoms with E-state index in [1.807, 2.05) is 27.7 Å². The molecule has 0 spiro atoms. The number of alkyl halides is 1. The van der Waals surface area contributed by atoms with Crippen molar-refractivity contribution >= 4 is 22.4 Å². The summed E-state index contributed by atoms with van der Waals surface area (Å²) in [6.45, 7) is 10.6. The summed E-state index contributed by atoms with van der Waals surface area (Å²) in [5.74, 6) is 0.